The monoisotopic (exact) mass is 639 g/mol. The number of carbonyl (C=O) groups is 2. The zero-order valence-corrected chi connectivity index (χ0v) is 23.9. The van der Waals surface area contributed by atoms with Crippen molar-refractivity contribution in [2.75, 3.05) is 24.8 Å². The first-order chi connectivity index (χ1) is 19.1. The van der Waals surface area contributed by atoms with Crippen molar-refractivity contribution in [2.45, 2.75) is 30.3 Å². The number of esters is 1. The molecular formula is C22H23Cl2N3O11S2. The summed E-state index contributed by atoms with van der Waals surface area (Å²) in [5.41, 5.74) is -1.22. The number of ether oxygens (including phenoxy) is 2. The summed E-state index contributed by atoms with van der Waals surface area (Å²) in [5, 5.41) is 1.08. The standard InChI is InChI=1S/C22H23Cl2N3O11S2/c1-2-34-20(28)18-15-5-3-4-6-17(15)25(12-13-7-8-14(23)11-16(13)24)26(18)19(39(30)31)21(40(32)33)37-22(29)38-27-35-9-10-36-27/h3-8,11,18-19,21,39-40H,2,9-10,12H2,1H3. The Kier molecular flexibility index (Phi) is 10.1. The Hall–Kier alpha value is -2.70. The Labute approximate surface area is 241 Å². The number of para-hydroxylation sites is 1. The van der Waals surface area contributed by atoms with Crippen molar-refractivity contribution < 1.29 is 50.4 Å². The molecule has 2 heterocycles. The van der Waals surface area contributed by atoms with E-state index in [1.54, 1.807) is 43.3 Å². The lowest BCUT2D eigenvalue weighted by Crippen LogP contribution is -2.55. The third-order valence-electron chi connectivity index (χ3n) is 5.69. The average molecular weight is 640 g/mol. The van der Waals surface area contributed by atoms with Gasteiger partial charge in [0.1, 0.15) is 18.6 Å². The van der Waals surface area contributed by atoms with E-state index in [4.69, 9.17) is 42.4 Å². The number of hydrogen-bond acceptors (Lipinski definition) is 14. The molecule has 2 aliphatic heterocycles. The van der Waals surface area contributed by atoms with Gasteiger partial charge in [0.25, 0.3) is 0 Å². The molecule has 1 fully saturated rings. The quantitative estimate of drug-likeness (QED) is 0.287. The second-order valence-corrected chi connectivity index (χ2v) is 11.1. The Morgan fingerprint density at radius 3 is 2.38 bits per heavy atom. The summed E-state index contributed by atoms with van der Waals surface area (Å²) in [6.45, 7) is 1.44. The van der Waals surface area contributed by atoms with Crippen LogP contribution in [0.1, 0.15) is 24.1 Å². The van der Waals surface area contributed by atoms with Crippen LogP contribution in [0.4, 0.5) is 10.5 Å². The number of halogens is 2. The number of thiol groups is 2. The molecule has 1 saturated heterocycles. The first-order valence-corrected chi connectivity index (χ1v) is 14.8. The second-order valence-electron chi connectivity index (χ2n) is 8.11. The number of anilines is 1. The fraction of sp³-hybridized carbons (Fsp3) is 0.364. The molecular weight excluding hydrogens is 617 g/mol. The molecule has 2 aromatic rings. The predicted octanol–water partition coefficient (Wildman–Crippen LogP) is 1.96. The summed E-state index contributed by atoms with van der Waals surface area (Å²) < 4.78 is 60.4. The molecule has 0 radical (unpaired) electrons. The lowest BCUT2D eigenvalue weighted by molar-refractivity contribution is -0.459. The molecule has 3 unspecified atom stereocenters. The Morgan fingerprint density at radius 1 is 1.05 bits per heavy atom. The summed E-state index contributed by atoms with van der Waals surface area (Å²) in [4.78, 5) is 39.9. The van der Waals surface area contributed by atoms with Gasteiger partial charge in [0.05, 0.1) is 18.8 Å². The van der Waals surface area contributed by atoms with Crippen molar-refractivity contribution in [2.24, 2.45) is 0 Å². The molecule has 0 aromatic heterocycles. The minimum Gasteiger partial charge on any atom is -0.465 e. The van der Waals surface area contributed by atoms with Crippen LogP contribution in [-0.2, 0) is 56.7 Å². The van der Waals surface area contributed by atoms with Gasteiger partial charge in [-0.1, -0.05) is 47.5 Å². The highest BCUT2D eigenvalue weighted by atomic mass is 35.5. The van der Waals surface area contributed by atoms with Crippen LogP contribution in [0.25, 0.3) is 0 Å². The predicted molar refractivity (Wildman–Crippen MR) is 140 cm³/mol. The topological polar surface area (TPSA) is 158 Å². The molecule has 14 nitrogen and oxygen atoms in total. The second kappa shape index (κ2) is 13.3. The first kappa shape index (κ1) is 30.3. The molecule has 0 aliphatic carbocycles. The fourth-order valence-corrected chi connectivity index (χ4v) is 6.50. The van der Waals surface area contributed by atoms with Crippen molar-refractivity contribution in [3.05, 3.63) is 63.6 Å². The normalized spacial score (nSPS) is 19.0. The molecule has 0 saturated carbocycles. The SMILES string of the molecule is CCOC(=O)C1c2ccccc2N(Cc2ccc(Cl)cc2Cl)N1C(C(OC(=O)ON1OCCO1)[SH](=O)=O)[SH](=O)=O. The van der Waals surface area contributed by atoms with E-state index in [1.807, 2.05) is 0 Å². The Morgan fingerprint density at radius 2 is 1.75 bits per heavy atom. The number of benzene rings is 2. The molecule has 40 heavy (non-hydrogen) atoms. The minimum atomic E-state index is -3.78. The highest BCUT2D eigenvalue weighted by Crippen LogP contribution is 2.44. The number of rotatable bonds is 10. The van der Waals surface area contributed by atoms with E-state index < -0.39 is 50.4 Å². The molecule has 18 heteroatoms. The number of hydrogen-bond donors (Lipinski definition) is 2. The number of fused-ring (bicyclic) bond motifs is 1. The molecule has 4 rings (SSSR count). The maximum atomic E-state index is 13.2. The lowest BCUT2D eigenvalue weighted by Gasteiger charge is -2.38. The van der Waals surface area contributed by atoms with Gasteiger partial charge in [0.15, 0.2) is 32.8 Å². The molecule has 3 atom stereocenters. The number of hydrazine groups is 1. The maximum Gasteiger partial charge on any atom is 0.533 e. The van der Waals surface area contributed by atoms with E-state index in [0.717, 1.165) is 5.01 Å². The van der Waals surface area contributed by atoms with Crippen LogP contribution in [0.3, 0.4) is 0 Å². The highest BCUT2D eigenvalue weighted by Gasteiger charge is 2.51. The van der Waals surface area contributed by atoms with E-state index in [9.17, 15) is 26.4 Å². The van der Waals surface area contributed by atoms with Crippen molar-refractivity contribution in [1.82, 2.24) is 10.4 Å². The van der Waals surface area contributed by atoms with E-state index in [0.29, 0.717) is 27.2 Å². The zero-order chi connectivity index (χ0) is 29.0. The van der Waals surface area contributed by atoms with E-state index >= 15 is 0 Å². The van der Waals surface area contributed by atoms with Gasteiger partial charge >= 0.3 is 12.1 Å². The fourth-order valence-electron chi connectivity index (χ4n) is 4.13. The van der Waals surface area contributed by atoms with E-state index in [-0.39, 0.29) is 31.4 Å². The van der Waals surface area contributed by atoms with Crippen LogP contribution in [0.2, 0.25) is 10.0 Å². The molecule has 0 N–H and O–H groups in total. The molecule has 0 spiro atoms. The van der Waals surface area contributed by atoms with Crippen LogP contribution < -0.4 is 5.01 Å². The molecule has 218 valence electrons. The van der Waals surface area contributed by atoms with Crippen LogP contribution in [-0.4, -0.2) is 70.0 Å². The zero-order valence-electron chi connectivity index (χ0n) is 20.6. The molecule has 0 bridgehead atoms. The van der Waals surface area contributed by atoms with Crippen molar-refractivity contribution in [3.63, 3.8) is 0 Å². The smallest absolute Gasteiger partial charge is 0.465 e. The van der Waals surface area contributed by atoms with E-state index in [2.05, 4.69) is 4.84 Å². The number of nitrogens with zero attached hydrogens (tertiary/aromatic N) is 3. The molecule has 0 amide bonds. The van der Waals surface area contributed by atoms with Gasteiger partial charge in [-0.05, 0) is 30.7 Å². The average Bonchev–Trinajstić information content (AvgIpc) is 3.51. The molecule has 2 aliphatic rings. The van der Waals surface area contributed by atoms with Gasteiger partial charge in [0, 0.05) is 15.6 Å². The van der Waals surface area contributed by atoms with Gasteiger partial charge in [-0.2, -0.15) is 5.01 Å². The summed E-state index contributed by atoms with van der Waals surface area (Å²) in [7, 11) is -7.52. The van der Waals surface area contributed by atoms with Crippen LogP contribution in [0.15, 0.2) is 42.5 Å². The van der Waals surface area contributed by atoms with Crippen LogP contribution >= 0.6 is 23.2 Å². The number of carbonyl (C=O) groups excluding carboxylic acids is 2. The third kappa shape index (κ3) is 6.60. The summed E-state index contributed by atoms with van der Waals surface area (Å²) in [5.74, 6) is -0.872. The van der Waals surface area contributed by atoms with Gasteiger partial charge in [-0.25, -0.2) is 36.1 Å². The molecule has 2 aromatic carbocycles. The van der Waals surface area contributed by atoms with Crippen molar-refractivity contribution >= 4 is 62.4 Å². The maximum absolute atomic E-state index is 13.2. The summed E-state index contributed by atoms with van der Waals surface area (Å²) in [6, 6.07) is 9.59. The lowest BCUT2D eigenvalue weighted by atomic mass is 10.1. The van der Waals surface area contributed by atoms with Gasteiger partial charge in [0.2, 0.25) is 5.44 Å². The highest BCUT2D eigenvalue weighted by molar-refractivity contribution is 7.77. The van der Waals surface area contributed by atoms with Crippen molar-refractivity contribution in [3.8, 4) is 0 Å². The summed E-state index contributed by atoms with van der Waals surface area (Å²) in [6.07, 6.45) is -1.63. The van der Waals surface area contributed by atoms with Gasteiger partial charge < -0.3 is 9.47 Å². The Balaban J connectivity index is 1.80. The largest absolute Gasteiger partial charge is 0.533 e. The van der Waals surface area contributed by atoms with Gasteiger partial charge in [-0.3, -0.25) is 9.85 Å². The van der Waals surface area contributed by atoms with E-state index in [1.165, 1.54) is 11.1 Å². The third-order valence-corrected chi connectivity index (χ3v) is 8.26. The Bertz CT molecular complexity index is 1400. The van der Waals surface area contributed by atoms with Crippen LogP contribution in [0, 0.1) is 0 Å². The minimum absolute atomic E-state index is 0.0387. The van der Waals surface area contributed by atoms with Crippen molar-refractivity contribution in [1.29, 1.82) is 0 Å². The van der Waals surface area contributed by atoms with Gasteiger partial charge in [-0.15, -0.1) is 0 Å². The van der Waals surface area contributed by atoms with Crippen LogP contribution in [0.5, 0.6) is 0 Å². The summed E-state index contributed by atoms with van der Waals surface area (Å²) >= 11 is 12.4. The first-order valence-electron chi connectivity index (χ1n) is 11.6.